The molecule has 0 atom stereocenters. The van der Waals surface area contributed by atoms with Gasteiger partial charge in [0.1, 0.15) is 30.6 Å². The molecule has 3 aromatic carbocycles. The van der Waals surface area contributed by atoms with Crippen LogP contribution in [0.25, 0.3) is 6.08 Å². The molecular weight excluding hydrogens is 532 g/mol. The van der Waals surface area contributed by atoms with Gasteiger partial charge in [-0.2, -0.15) is 5.26 Å². The van der Waals surface area contributed by atoms with Crippen LogP contribution in [-0.4, -0.2) is 19.6 Å². The van der Waals surface area contributed by atoms with Gasteiger partial charge in [-0.1, -0.05) is 52.3 Å². The van der Waals surface area contributed by atoms with Gasteiger partial charge in [0.25, 0.3) is 5.91 Å². The van der Waals surface area contributed by atoms with Gasteiger partial charge in [-0.15, -0.1) is 0 Å². The molecule has 0 bridgehead atoms. The Labute approximate surface area is 217 Å². The van der Waals surface area contributed by atoms with Crippen LogP contribution in [-0.2, 0) is 11.4 Å². The van der Waals surface area contributed by atoms with Gasteiger partial charge in [-0.3, -0.25) is 4.79 Å². The number of nitrogens with one attached hydrogen (secondary N) is 1. The zero-order chi connectivity index (χ0) is 25.2. The number of anilines is 1. The van der Waals surface area contributed by atoms with Crippen molar-refractivity contribution in [3.8, 4) is 23.3 Å². The number of halogens is 2. The minimum atomic E-state index is -0.557. The Hall–Kier alpha value is -3.73. The van der Waals surface area contributed by atoms with E-state index in [1.54, 1.807) is 42.5 Å². The summed E-state index contributed by atoms with van der Waals surface area (Å²) in [6, 6.07) is 19.9. The smallest absolute Gasteiger partial charge is 0.266 e. The highest BCUT2D eigenvalue weighted by molar-refractivity contribution is 9.10. The van der Waals surface area contributed by atoms with Crippen molar-refractivity contribution in [3.63, 3.8) is 0 Å². The standard InChI is InChI=1S/C27H22BrClN2O4/c1-3-12-34-26-24(29)14-19(15-25(26)33-2)13-20(16-30)27(32)31-22-8-10-23(11-9-22)35-17-18-4-6-21(28)7-5-18/h3-11,13-15H,1,12,17H2,2H3,(H,31,32)/b20-13+. The van der Waals surface area contributed by atoms with Gasteiger partial charge in [-0.25, -0.2) is 0 Å². The van der Waals surface area contributed by atoms with E-state index in [2.05, 4.69) is 27.8 Å². The number of nitriles is 1. The van der Waals surface area contributed by atoms with Crippen molar-refractivity contribution in [2.45, 2.75) is 6.61 Å². The van der Waals surface area contributed by atoms with Gasteiger partial charge in [0.05, 0.1) is 12.1 Å². The normalized spacial score (nSPS) is 10.7. The van der Waals surface area contributed by atoms with Crippen LogP contribution in [0, 0.1) is 11.3 Å². The van der Waals surface area contributed by atoms with E-state index in [1.165, 1.54) is 13.2 Å². The monoisotopic (exact) mass is 552 g/mol. The maximum Gasteiger partial charge on any atom is 0.266 e. The van der Waals surface area contributed by atoms with Crippen molar-refractivity contribution in [2.75, 3.05) is 19.0 Å². The highest BCUT2D eigenvalue weighted by Gasteiger charge is 2.14. The summed E-state index contributed by atoms with van der Waals surface area (Å²) in [5, 5.41) is 12.5. The molecule has 0 fully saturated rings. The van der Waals surface area contributed by atoms with E-state index in [0.717, 1.165) is 10.0 Å². The Morgan fingerprint density at radius 2 is 1.86 bits per heavy atom. The number of ether oxygens (including phenoxy) is 3. The van der Waals surface area contributed by atoms with Gasteiger partial charge in [0.15, 0.2) is 11.5 Å². The van der Waals surface area contributed by atoms with E-state index in [4.69, 9.17) is 25.8 Å². The first-order chi connectivity index (χ1) is 16.9. The first-order valence-corrected chi connectivity index (χ1v) is 11.6. The third-order valence-corrected chi connectivity index (χ3v) is 5.51. The fourth-order valence-corrected chi connectivity index (χ4v) is 3.54. The second-order valence-corrected chi connectivity index (χ2v) is 8.52. The molecule has 0 aliphatic heterocycles. The quantitative estimate of drug-likeness (QED) is 0.170. The van der Waals surface area contributed by atoms with Crippen LogP contribution in [0.4, 0.5) is 5.69 Å². The minimum absolute atomic E-state index is 0.0987. The van der Waals surface area contributed by atoms with Crippen LogP contribution in [0.5, 0.6) is 17.2 Å². The van der Waals surface area contributed by atoms with Crippen molar-refractivity contribution in [1.82, 2.24) is 0 Å². The fraction of sp³-hybridized carbons (Fsp3) is 0.111. The van der Waals surface area contributed by atoms with E-state index in [-0.39, 0.29) is 17.2 Å². The lowest BCUT2D eigenvalue weighted by molar-refractivity contribution is -0.112. The highest BCUT2D eigenvalue weighted by Crippen LogP contribution is 2.37. The van der Waals surface area contributed by atoms with Crippen LogP contribution < -0.4 is 19.5 Å². The zero-order valence-electron chi connectivity index (χ0n) is 18.9. The summed E-state index contributed by atoms with van der Waals surface area (Å²) in [5.74, 6) is 0.833. The van der Waals surface area contributed by atoms with Crippen molar-refractivity contribution in [1.29, 1.82) is 5.26 Å². The van der Waals surface area contributed by atoms with E-state index >= 15 is 0 Å². The van der Waals surface area contributed by atoms with Gasteiger partial charge >= 0.3 is 0 Å². The number of rotatable bonds is 10. The molecule has 35 heavy (non-hydrogen) atoms. The van der Waals surface area contributed by atoms with Crippen LogP contribution >= 0.6 is 27.5 Å². The molecule has 8 heteroatoms. The molecule has 0 aliphatic carbocycles. The lowest BCUT2D eigenvalue weighted by atomic mass is 10.1. The molecule has 1 amide bonds. The Morgan fingerprint density at radius 1 is 1.14 bits per heavy atom. The number of methoxy groups -OCH3 is 1. The summed E-state index contributed by atoms with van der Waals surface area (Å²) >= 11 is 9.71. The second kappa shape index (κ2) is 12.7. The lowest BCUT2D eigenvalue weighted by Gasteiger charge is -2.12. The Bertz CT molecular complexity index is 1270. The van der Waals surface area contributed by atoms with E-state index in [0.29, 0.717) is 35.1 Å². The molecule has 0 heterocycles. The van der Waals surface area contributed by atoms with Gasteiger partial charge in [-0.05, 0) is 65.7 Å². The highest BCUT2D eigenvalue weighted by atomic mass is 79.9. The predicted molar refractivity (Wildman–Crippen MR) is 141 cm³/mol. The molecule has 178 valence electrons. The molecule has 0 unspecified atom stereocenters. The second-order valence-electron chi connectivity index (χ2n) is 7.20. The molecule has 0 spiro atoms. The summed E-state index contributed by atoms with van der Waals surface area (Å²) in [4.78, 5) is 12.7. The minimum Gasteiger partial charge on any atom is -0.493 e. The molecule has 0 aromatic heterocycles. The number of amides is 1. The first kappa shape index (κ1) is 25.9. The molecule has 1 N–H and O–H groups in total. The Kier molecular flexibility index (Phi) is 9.36. The number of carbonyl (C=O) groups excluding carboxylic acids is 1. The van der Waals surface area contributed by atoms with E-state index in [1.807, 2.05) is 30.3 Å². The molecule has 0 saturated carbocycles. The predicted octanol–water partition coefficient (Wildman–Crippen LogP) is 6.80. The van der Waals surface area contributed by atoms with Crippen molar-refractivity contribution < 1.29 is 19.0 Å². The maximum absolute atomic E-state index is 12.7. The summed E-state index contributed by atoms with van der Waals surface area (Å²) < 4.78 is 17.6. The molecule has 3 rings (SSSR count). The zero-order valence-corrected chi connectivity index (χ0v) is 21.2. The van der Waals surface area contributed by atoms with Crippen LogP contribution in [0.3, 0.4) is 0 Å². The molecule has 3 aromatic rings. The largest absolute Gasteiger partial charge is 0.493 e. The number of carbonyl (C=O) groups is 1. The number of hydrogen-bond donors (Lipinski definition) is 1. The van der Waals surface area contributed by atoms with Crippen LogP contribution in [0.15, 0.2) is 83.4 Å². The van der Waals surface area contributed by atoms with Gasteiger partial charge in [0, 0.05) is 10.2 Å². The van der Waals surface area contributed by atoms with Crippen LogP contribution in [0.1, 0.15) is 11.1 Å². The Morgan fingerprint density at radius 3 is 2.49 bits per heavy atom. The molecule has 0 radical (unpaired) electrons. The van der Waals surface area contributed by atoms with Gasteiger partial charge < -0.3 is 19.5 Å². The van der Waals surface area contributed by atoms with Gasteiger partial charge in [0.2, 0.25) is 0 Å². The average molecular weight is 554 g/mol. The SMILES string of the molecule is C=CCOc1c(Cl)cc(/C=C(\C#N)C(=O)Nc2ccc(OCc3ccc(Br)cc3)cc2)cc1OC. The topological polar surface area (TPSA) is 80.6 Å². The summed E-state index contributed by atoms with van der Waals surface area (Å²) in [6.45, 7) is 4.28. The Balaban J connectivity index is 1.68. The summed E-state index contributed by atoms with van der Waals surface area (Å²) in [5.41, 5.74) is 1.97. The number of hydrogen-bond acceptors (Lipinski definition) is 5. The fourth-order valence-electron chi connectivity index (χ4n) is 3.00. The van der Waals surface area contributed by atoms with Crippen molar-refractivity contribution in [3.05, 3.63) is 99.5 Å². The molecular formula is C27H22BrClN2O4. The summed E-state index contributed by atoms with van der Waals surface area (Å²) in [6.07, 6.45) is 3.01. The third kappa shape index (κ3) is 7.38. The maximum atomic E-state index is 12.7. The molecule has 6 nitrogen and oxygen atoms in total. The van der Waals surface area contributed by atoms with Crippen LogP contribution in [0.2, 0.25) is 5.02 Å². The molecule has 0 saturated heterocycles. The molecule has 0 aliphatic rings. The first-order valence-electron chi connectivity index (χ1n) is 10.4. The lowest BCUT2D eigenvalue weighted by Crippen LogP contribution is -2.13. The number of nitrogens with zero attached hydrogens (tertiary/aromatic N) is 1. The average Bonchev–Trinajstić information content (AvgIpc) is 2.86. The third-order valence-electron chi connectivity index (χ3n) is 4.70. The number of benzene rings is 3. The summed E-state index contributed by atoms with van der Waals surface area (Å²) in [7, 11) is 1.48. The van der Waals surface area contributed by atoms with E-state index in [9.17, 15) is 10.1 Å². The van der Waals surface area contributed by atoms with E-state index < -0.39 is 5.91 Å². The van der Waals surface area contributed by atoms with Crippen molar-refractivity contribution in [2.24, 2.45) is 0 Å². The van der Waals surface area contributed by atoms with Crippen molar-refractivity contribution >= 4 is 45.2 Å².